The van der Waals surface area contributed by atoms with Crippen molar-refractivity contribution in [1.29, 1.82) is 0 Å². The van der Waals surface area contributed by atoms with Crippen LogP contribution < -0.4 is 4.90 Å². The first-order chi connectivity index (χ1) is 26.2. The Bertz CT molecular complexity index is 2820. The van der Waals surface area contributed by atoms with Crippen molar-refractivity contribution in [3.05, 3.63) is 200 Å². The second-order valence-electron chi connectivity index (χ2n) is 13.3. The van der Waals surface area contributed by atoms with E-state index in [9.17, 15) is 0 Å². The average molecular weight is 696 g/mol. The Kier molecular flexibility index (Phi) is 7.71. The molecule has 10 aromatic rings. The van der Waals surface area contributed by atoms with Gasteiger partial charge in [0.15, 0.2) is 0 Å². The predicted molar refractivity (Wildman–Crippen MR) is 226 cm³/mol. The van der Waals surface area contributed by atoms with Gasteiger partial charge in [0.05, 0.1) is 0 Å². The second-order valence-corrected chi connectivity index (χ2v) is 14.4. The van der Waals surface area contributed by atoms with Crippen LogP contribution in [0.3, 0.4) is 0 Å². The van der Waals surface area contributed by atoms with E-state index in [4.69, 9.17) is 4.42 Å². The van der Waals surface area contributed by atoms with Crippen LogP contribution in [0.5, 0.6) is 0 Å². The summed E-state index contributed by atoms with van der Waals surface area (Å²) in [7, 11) is 0. The molecule has 2 nitrogen and oxygen atoms in total. The van der Waals surface area contributed by atoms with Gasteiger partial charge < -0.3 is 9.32 Å². The lowest BCUT2D eigenvalue weighted by Crippen LogP contribution is -2.09. The zero-order valence-electron chi connectivity index (χ0n) is 28.8. The van der Waals surface area contributed by atoms with E-state index in [1.807, 2.05) is 23.5 Å². The molecule has 53 heavy (non-hydrogen) atoms. The van der Waals surface area contributed by atoms with E-state index < -0.39 is 0 Å². The van der Waals surface area contributed by atoms with Crippen LogP contribution in [0.2, 0.25) is 0 Å². The van der Waals surface area contributed by atoms with Crippen LogP contribution in [0.15, 0.2) is 205 Å². The van der Waals surface area contributed by atoms with Gasteiger partial charge in [0.25, 0.3) is 0 Å². The highest BCUT2D eigenvalue weighted by molar-refractivity contribution is 7.22. The van der Waals surface area contributed by atoms with Crippen molar-refractivity contribution in [3.63, 3.8) is 0 Å². The van der Waals surface area contributed by atoms with Crippen molar-refractivity contribution in [2.24, 2.45) is 0 Å². The van der Waals surface area contributed by atoms with Gasteiger partial charge in [0, 0.05) is 43.0 Å². The fourth-order valence-electron chi connectivity index (χ4n) is 7.40. The molecule has 0 atom stereocenters. The van der Waals surface area contributed by atoms with Crippen LogP contribution in [-0.2, 0) is 0 Å². The van der Waals surface area contributed by atoms with Crippen molar-refractivity contribution in [3.8, 4) is 43.8 Å². The maximum Gasteiger partial charge on any atom is 0.143 e. The molecule has 0 saturated heterocycles. The van der Waals surface area contributed by atoms with Crippen LogP contribution >= 0.6 is 11.3 Å². The van der Waals surface area contributed by atoms with Crippen LogP contribution in [0.25, 0.3) is 75.8 Å². The van der Waals surface area contributed by atoms with Crippen molar-refractivity contribution >= 4 is 60.4 Å². The van der Waals surface area contributed by atoms with Crippen LogP contribution in [-0.4, -0.2) is 0 Å². The lowest BCUT2D eigenvalue weighted by Gasteiger charge is -2.26. The zero-order valence-corrected chi connectivity index (χ0v) is 29.6. The van der Waals surface area contributed by atoms with E-state index in [2.05, 4.69) is 193 Å². The van der Waals surface area contributed by atoms with Gasteiger partial charge in [0.2, 0.25) is 0 Å². The monoisotopic (exact) mass is 695 g/mol. The molecular formula is C50H33NOS. The topological polar surface area (TPSA) is 16.4 Å². The van der Waals surface area contributed by atoms with Gasteiger partial charge in [-0.2, -0.15) is 0 Å². The molecule has 10 rings (SSSR count). The predicted octanol–water partition coefficient (Wildman–Crippen LogP) is 14.9. The summed E-state index contributed by atoms with van der Waals surface area (Å²) in [6, 6.07) is 71.6. The number of anilines is 3. The Balaban J connectivity index is 0.977. The minimum Gasteiger partial charge on any atom is -0.455 e. The first-order valence-electron chi connectivity index (χ1n) is 17.9. The van der Waals surface area contributed by atoms with Gasteiger partial charge in [0.1, 0.15) is 11.2 Å². The van der Waals surface area contributed by atoms with E-state index in [1.54, 1.807) is 0 Å². The van der Waals surface area contributed by atoms with Crippen molar-refractivity contribution in [1.82, 2.24) is 0 Å². The zero-order chi connectivity index (χ0) is 35.1. The smallest absolute Gasteiger partial charge is 0.143 e. The minimum atomic E-state index is 0.917. The van der Waals surface area contributed by atoms with Crippen molar-refractivity contribution in [2.45, 2.75) is 0 Å². The van der Waals surface area contributed by atoms with E-state index >= 15 is 0 Å². The number of nitrogens with zero attached hydrogens (tertiary/aromatic N) is 1. The van der Waals surface area contributed by atoms with Gasteiger partial charge in [-0.1, -0.05) is 146 Å². The third kappa shape index (κ3) is 5.78. The fraction of sp³-hybridized carbons (Fsp3) is 0. The number of benzene rings is 8. The molecule has 3 heteroatoms. The molecule has 0 saturated carbocycles. The SMILES string of the molecule is c1ccc(-c2ccc(N(c3ccc(-c4ccc(-c5cccc6c5oc5ccccc56)cc4)cc3)c3ccc(-c4cc5ccccc5s4)cc3)cc2)cc1. The van der Waals surface area contributed by atoms with Crippen LogP contribution in [0, 0.1) is 0 Å². The summed E-state index contributed by atoms with van der Waals surface area (Å²) in [5.74, 6) is 0. The summed E-state index contributed by atoms with van der Waals surface area (Å²) < 4.78 is 7.64. The molecule has 0 N–H and O–H groups in total. The molecule has 8 aromatic carbocycles. The molecule has 2 heterocycles. The van der Waals surface area contributed by atoms with Crippen LogP contribution in [0.4, 0.5) is 17.1 Å². The van der Waals surface area contributed by atoms with Gasteiger partial charge in [-0.3, -0.25) is 0 Å². The number of hydrogen-bond donors (Lipinski definition) is 0. The summed E-state index contributed by atoms with van der Waals surface area (Å²) in [5.41, 5.74) is 13.4. The molecule has 250 valence electrons. The molecule has 0 amide bonds. The number of hydrogen-bond acceptors (Lipinski definition) is 3. The Morgan fingerprint density at radius 1 is 0.377 bits per heavy atom. The molecule has 0 radical (unpaired) electrons. The van der Waals surface area contributed by atoms with Crippen LogP contribution in [0.1, 0.15) is 0 Å². The fourth-order valence-corrected chi connectivity index (χ4v) is 8.47. The normalized spacial score (nSPS) is 11.4. The first kappa shape index (κ1) is 31.1. The van der Waals surface area contributed by atoms with Crippen molar-refractivity contribution < 1.29 is 4.42 Å². The molecule has 0 aliphatic carbocycles. The molecule has 0 aliphatic heterocycles. The summed E-state index contributed by atoms with van der Waals surface area (Å²) in [5, 5.41) is 3.58. The number of para-hydroxylation sites is 2. The molecule has 0 unspecified atom stereocenters. The quantitative estimate of drug-likeness (QED) is 0.165. The highest BCUT2D eigenvalue weighted by Gasteiger charge is 2.15. The number of fused-ring (bicyclic) bond motifs is 4. The Morgan fingerprint density at radius 3 is 1.55 bits per heavy atom. The van der Waals surface area contributed by atoms with Gasteiger partial charge in [-0.25, -0.2) is 0 Å². The number of rotatable bonds is 7. The minimum absolute atomic E-state index is 0.917. The van der Waals surface area contributed by atoms with Gasteiger partial charge in [-0.15, -0.1) is 11.3 Å². The third-order valence-corrected chi connectivity index (χ3v) is 11.3. The van der Waals surface area contributed by atoms with E-state index in [1.165, 1.54) is 42.8 Å². The maximum atomic E-state index is 6.33. The van der Waals surface area contributed by atoms with Gasteiger partial charge in [-0.05, 0) is 93.4 Å². The Labute approximate surface area is 312 Å². The summed E-state index contributed by atoms with van der Waals surface area (Å²) >= 11 is 1.84. The lowest BCUT2D eigenvalue weighted by atomic mass is 9.98. The van der Waals surface area contributed by atoms with Crippen molar-refractivity contribution in [2.75, 3.05) is 4.90 Å². The standard InChI is InChI=1S/C50H33NOS/c1-2-9-34(10-3-1)36-21-27-41(28-22-36)51(43-31-25-39(26-32-43)49-33-40-11-4-7-16-48(40)53-49)42-29-23-37(24-30-42)35-17-19-38(20-18-35)44-13-8-14-46-45-12-5-6-15-47(45)52-50(44)46/h1-33H. The van der Waals surface area contributed by atoms with E-state index in [0.717, 1.165) is 50.1 Å². The highest BCUT2D eigenvalue weighted by atomic mass is 32.1. The summed E-state index contributed by atoms with van der Waals surface area (Å²) in [6.45, 7) is 0. The summed E-state index contributed by atoms with van der Waals surface area (Å²) in [6.07, 6.45) is 0. The average Bonchev–Trinajstić information content (AvgIpc) is 3.85. The Hall–Kier alpha value is -6.68. The Morgan fingerprint density at radius 2 is 0.887 bits per heavy atom. The first-order valence-corrected chi connectivity index (χ1v) is 18.7. The van der Waals surface area contributed by atoms with E-state index in [0.29, 0.717) is 0 Å². The van der Waals surface area contributed by atoms with E-state index in [-0.39, 0.29) is 0 Å². The molecule has 0 aliphatic rings. The molecule has 0 bridgehead atoms. The molecule has 0 spiro atoms. The third-order valence-electron chi connectivity index (χ3n) is 10.1. The largest absolute Gasteiger partial charge is 0.455 e. The lowest BCUT2D eigenvalue weighted by molar-refractivity contribution is 0.670. The highest BCUT2D eigenvalue weighted by Crippen LogP contribution is 2.40. The summed E-state index contributed by atoms with van der Waals surface area (Å²) in [4.78, 5) is 3.62. The van der Waals surface area contributed by atoms with Gasteiger partial charge >= 0.3 is 0 Å². The number of furan rings is 1. The second kappa shape index (κ2) is 13.1. The molecule has 0 fully saturated rings. The number of thiophene rings is 1. The molecular weight excluding hydrogens is 663 g/mol. The maximum absolute atomic E-state index is 6.33. The molecule has 2 aromatic heterocycles.